The normalized spacial score (nSPS) is 10.9. The Morgan fingerprint density at radius 2 is 2.22 bits per heavy atom. The van der Waals surface area contributed by atoms with Crippen LogP contribution in [-0.4, -0.2) is 21.5 Å². The third-order valence-corrected chi connectivity index (χ3v) is 4.28. The number of fused-ring (bicyclic) bond motifs is 1. The third-order valence-electron chi connectivity index (χ3n) is 2.48. The molecule has 0 spiro atoms. The quantitative estimate of drug-likeness (QED) is 0.765. The number of rotatable bonds is 4. The zero-order chi connectivity index (χ0) is 12.4. The molecule has 0 aliphatic rings. The number of hydrogen-bond donors (Lipinski definition) is 2. The number of nitrogens with two attached hydrogens (primary N) is 1. The van der Waals surface area contributed by atoms with Gasteiger partial charge >= 0.3 is 0 Å². The Bertz CT molecular complexity index is 660. The van der Waals surface area contributed by atoms with Gasteiger partial charge < -0.3 is 11.1 Å². The summed E-state index contributed by atoms with van der Waals surface area (Å²) in [7, 11) is 0. The first-order valence-corrected chi connectivity index (χ1v) is 7.15. The molecule has 0 radical (unpaired) electrons. The summed E-state index contributed by atoms with van der Waals surface area (Å²) in [4.78, 5) is 13.7. The van der Waals surface area contributed by atoms with E-state index >= 15 is 0 Å². The van der Waals surface area contributed by atoms with E-state index in [-0.39, 0.29) is 0 Å². The van der Waals surface area contributed by atoms with Crippen LogP contribution in [0.3, 0.4) is 0 Å². The number of anilines is 2. The first-order chi connectivity index (χ1) is 8.83. The number of thiophene rings is 1. The molecule has 3 heterocycles. The zero-order valence-corrected chi connectivity index (χ0v) is 11.1. The van der Waals surface area contributed by atoms with Crippen molar-refractivity contribution in [1.82, 2.24) is 15.0 Å². The average molecular weight is 277 g/mol. The SMILES string of the molecule is Nc1ncc(CCNc2ncnc3ccsc23)s1. The molecule has 3 N–H and O–H groups in total. The van der Waals surface area contributed by atoms with E-state index in [2.05, 4.69) is 20.3 Å². The van der Waals surface area contributed by atoms with Crippen LogP contribution in [0.25, 0.3) is 10.2 Å². The molecule has 92 valence electrons. The number of nitrogens with zero attached hydrogens (tertiary/aromatic N) is 3. The van der Waals surface area contributed by atoms with Crippen LogP contribution in [0.2, 0.25) is 0 Å². The van der Waals surface area contributed by atoms with Crippen molar-refractivity contribution in [1.29, 1.82) is 0 Å². The lowest BCUT2D eigenvalue weighted by Crippen LogP contribution is -2.05. The van der Waals surface area contributed by atoms with Gasteiger partial charge in [-0.05, 0) is 11.4 Å². The van der Waals surface area contributed by atoms with Crippen molar-refractivity contribution in [3.05, 3.63) is 28.8 Å². The number of nitrogens with one attached hydrogen (secondary N) is 1. The van der Waals surface area contributed by atoms with Crippen LogP contribution in [-0.2, 0) is 6.42 Å². The molecule has 0 bridgehead atoms. The molecule has 0 saturated heterocycles. The van der Waals surface area contributed by atoms with E-state index in [1.54, 1.807) is 17.7 Å². The van der Waals surface area contributed by atoms with Gasteiger partial charge in [-0.2, -0.15) is 0 Å². The molecular formula is C11H11N5S2. The van der Waals surface area contributed by atoms with Gasteiger partial charge in [0.05, 0.1) is 10.2 Å². The van der Waals surface area contributed by atoms with Gasteiger partial charge in [0.15, 0.2) is 5.13 Å². The molecule has 0 aliphatic carbocycles. The molecule has 7 heteroatoms. The van der Waals surface area contributed by atoms with E-state index in [4.69, 9.17) is 5.73 Å². The first-order valence-electron chi connectivity index (χ1n) is 5.45. The Kier molecular flexibility index (Phi) is 3.07. The minimum Gasteiger partial charge on any atom is -0.375 e. The van der Waals surface area contributed by atoms with Crippen LogP contribution in [0.5, 0.6) is 0 Å². The molecule has 3 rings (SSSR count). The second-order valence-corrected chi connectivity index (χ2v) is 5.76. The molecule has 0 unspecified atom stereocenters. The topological polar surface area (TPSA) is 76.7 Å². The van der Waals surface area contributed by atoms with Crippen LogP contribution >= 0.6 is 22.7 Å². The number of thiazole rings is 1. The second-order valence-electron chi connectivity index (χ2n) is 3.70. The predicted octanol–water partition coefficient (Wildman–Crippen LogP) is 2.38. The maximum absolute atomic E-state index is 5.59. The molecule has 0 aromatic carbocycles. The van der Waals surface area contributed by atoms with Crippen LogP contribution in [0, 0.1) is 0 Å². The highest BCUT2D eigenvalue weighted by Gasteiger charge is 2.04. The molecule has 0 aliphatic heterocycles. The Morgan fingerprint density at radius 3 is 3.06 bits per heavy atom. The number of nitrogen functional groups attached to an aromatic ring is 1. The molecule has 3 aromatic heterocycles. The first kappa shape index (κ1) is 11.4. The highest BCUT2D eigenvalue weighted by atomic mass is 32.1. The molecule has 5 nitrogen and oxygen atoms in total. The summed E-state index contributed by atoms with van der Waals surface area (Å²) in [6, 6.07) is 2.00. The van der Waals surface area contributed by atoms with Crippen LogP contribution in [0.4, 0.5) is 10.9 Å². The summed E-state index contributed by atoms with van der Waals surface area (Å²) in [6.07, 6.45) is 4.30. The summed E-state index contributed by atoms with van der Waals surface area (Å²) in [5.41, 5.74) is 6.58. The number of aromatic nitrogens is 3. The van der Waals surface area contributed by atoms with E-state index in [9.17, 15) is 0 Å². The van der Waals surface area contributed by atoms with Crippen LogP contribution < -0.4 is 11.1 Å². The lowest BCUT2D eigenvalue weighted by atomic mass is 10.3. The van der Waals surface area contributed by atoms with Crippen molar-refractivity contribution in [2.24, 2.45) is 0 Å². The van der Waals surface area contributed by atoms with Crippen molar-refractivity contribution < 1.29 is 0 Å². The average Bonchev–Trinajstić information content (AvgIpc) is 2.98. The van der Waals surface area contributed by atoms with Crippen molar-refractivity contribution in [3.63, 3.8) is 0 Å². The van der Waals surface area contributed by atoms with Crippen molar-refractivity contribution in [2.45, 2.75) is 6.42 Å². The Labute approximate surface area is 112 Å². The minimum atomic E-state index is 0.618. The Hall–Kier alpha value is -1.73. The summed E-state index contributed by atoms with van der Waals surface area (Å²) >= 11 is 3.17. The second kappa shape index (κ2) is 4.87. The van der Waals surface area contributed by atoms with E-state index in [0.717, 1.165) is 29.0 Å². The van der Waals surface area contributed by atoms with Gasteiger partial charge in [-0.15, -0.1) is 22.7 Å². The summed E-state index contributed by atoms with van der Waals surface area (Å²) in [6.45, 7) is 0.811. The lowest BCUT2D eigenvalue weighted by molar-refractivity contribution is 1.02. The Morgan fingerprint density at radius 1 is 1.28 bits per heavy atom. The smallest absolute Gasteiger partial charge is 0.180 e. The van der Waals surface area contributed by atoms with E-state index in [0.29, 0.717) is 5.13 Å². The largest absolute Gasteiger partial charge is 0.375 e. The van der Waals surface area contributed by atoms with Crippen molar-refractivity contribution in [3.8, 4) is 0 Å². The molecule has 18 heavy (non-hydrogen) atoms. The van der Waals surface area contributed by atoms with Gasteiger partial charge in [0.25, 0.3) is 0 Å². The van der Waals surface area contributed by atoms with Gasteiger partial charge in [-0.25, -0.2) is 15.0 Å². The van der Waals surface area contributed by atoms with Gasteiger partial charge in [0, 0.05) is 24.0 Å². The third kappa shape index (κ3) is 2.27. The molecule has 0 atom stereocenters. The maximum Gasteiger partial charge on any atom is 0.180 e. The van der Waals surface area contributed by atoms with Gasteiger partial charge in [0.2, 0.25) is 0 Å². The zero-order valence-electron chi connectivity index (χ0n) is 9.46. The molecule has 0 saturated carbocycles. The standard InChI is InChI=1S/C11H11N5S2/c12-11-14-5-7(18-11)1-3-13-10-9-8(2-4-17-9)15-6-16-10/h2,4-6H,1,3H2,(H2,12,14)(H,13,15,16). The van der Waals surface area contributed by atoms with E-state index in [1.807, 2.05) is 17.6 Å². The molecule has 3 aromatic rings. The van der Waals surface area contributed by atoms with E-state index in [1.165, 1.54) is 16.2 Å². The highest BCUT2D eigenvalue weighted by molar-refractivity contribution is 7.17. The molecule has 0 amide bonds. The fourth-order valence-corrected chi connectivity index (χ4v) is 3.15. The van der Waals surface area contributed by atoms with Crippen molar-refractivity contribution in [2.75, 3.05) is 17.6 Å². The predicted molar refractivity (Wildman–Crippen MR) is 76.1 cm³/mol. The van der Waals surface area contributed by atoms with Gasteiger partial charge in [-0.1, -0.05) is 0 Å². The van der Waals surface area contributed by atoms with Gasteiger partial charge in [-0.3, -0.25) is 0 Å². The molecular weight excluding hydrogens is 266 g/mol. The maximum atomic E-state index is 5.59. The molecule has 0 fully saturated rings. The number of hydrogen-bond acceptors (Lipinski definition) is 7. The Balaban J connectivity index is 1.68. The van der Waals surface area contributed by atoms with Crippen LogP contribution in [0.1, 0.15) is 4.88 Å². The summed E-state index contributed by atoms with van der Waals surface area (Å²) in [5, 5.41) is 5.97. The fourth-order valence-electron chi connectivity index (χ4n) is 1.66. The highest BCUT2D eigenvalue weighted by Crippen LogP contribution is 2.24. The van der Waals surface area contributed by atoms with Crippen molar-refractivity contribution >= 4 is 43.8 Å². The minimum absolute atomic E-state index is 0.618. The lowest BCUT2D eigenvalue weighted by Gasteiger charge is -2.04. The van der Waals surface area contributed by atoms with Gasteiger partial charge in [0.1, 0.15) is 12.1 Å². The monoisotopic (exact) mass is 277 g/mol. The summed E-state index contributed by atoms with van der Waals surface area (Å²) < 4.78 is 1.10. The summed E-state index contributed by atoms with van der Waals surface area (Å²) in [5.74, 6) is 0.896. The fraction of sp³-hybridized carbons (Fsp3) is 0.182. The van der Waals surface area contributed by atoms with E-state index < -0.39 is 0 Å². The van der Waals surface area contributed by atoms with Crippen LogP contribution in [0.15, 0.2) is 24.0 Å².